The zero-order chi connectivity index (χ0) is 25.0. The van der Waals surface area contributed by atoms with Crippen molar-refractivity contribution in [2.75, 3.05) is 0 Å². The highest BCUT2D eigenvalue weighted by Gasteiger charge is 2.37. The van der Waals surface area contributed by atoms with E-state index >= 15 is 4.39 Å². The van der Waals surface area contributed by atoms with Gasteiger partial charge in [-0.25, -0.2) is 17.5 Å². The number of nitrogens with one attached hydrogen (secondary N) is 1. The number of hydrogen-bond acceptors (Lipinski definition) is 2. The van der Waals surface area contributed by atoms with E-state index in [1.54, 1.807) is 6.92 Å². The van der Waals surface area contributed by atoms with Crippen molar-refractivity contribution in [3.05, 3.63) is 59.5 Å². The highest BCUT2D eigenvalue weighted by Crippen LogP contribution is 2.41. The fourth-order valence-electron chi connectivity index (χ4n) is 5.26. The number of nitrogens with zero attached hydrogens (tertiary/aromatic N) is 1. The van der Waals surface area contributed by atoms with Gasteiger partial charge in [0, 0.05) is 35.2 Å². The molecule has 3 aromatic rings. The first-order chi connectivity index (χ1) is 16.5. The largest absolute Gasteiger partial charge is 0.417 e. The van der Waals surface area contributed by atoms with Gasteiger partial charge in [-0.15, -0.1) is 0 Å². The molecule has 1 N–H and O–H groups in total. The lowest BCUT2D eigenvalue weighted by Crippen LogP contribution is -2.29. The summed E-state index contributed by atoms with van der Waals surface area (Å²) in [5.41, 5.74) is 0.0125. The Morgan fingerprint density at radius 1 is 1.06 bits per heavy atom. The first-order valence-electron chi connectivity index (χ1n) is 12.0. The number of benzene rings is 2. The molecule has 0 spiro atoms. The highest BCUT2D eigenvalue weighted by molar-refractivity contribution is 7.90. The normalized spacial score (nSPS) is 18.4. The minimum atomic E-state index is -4.62. The number of sulfonamides is 1. The van der Waals surface area contributed by atoms with Gasteiger partial charge in [-0.2, -0.15) is 13.2 Å². The van der Waals surface area contributed by atoms with E-state index in [4.69, 9.17) is 0 Å². The third kappa shape index (κ3) is 4.85. The fraction of sp³-hybridized carbons (Fsp3) is 0.462. The molecule has 0 bridgehead atoms. The Kier molecular flexibility index (Phi) is 6.20. The molecule has 2 aliphatic carbocycles. The van der Waals surface area contributed by atoms with E-state index in [9.17, 15) is 21.6 Å². The average molecular weight is 509 g/mol. The molecule has 1 atom stereocenters. The van der Waals surface area contributed by atoms with Crippen molar-refractivity contribution in [2.24, 2.45) is 5.92 Å². The summed E-state index contributed by atoms with van der Waals surface area (Å²) in [6.45, 7) is 2.38. The van der Waals surface area contributed by atoms with Crippen molar-refractivity contribution in [2.45, 2.75) is 69.5 Å². The van der Waals surface area contributed by atoms with Crippen LogP contribution in [0.15, 0.2) is 42.6 Å². The van der Waals surface area contributed by atoms with Crippen LogP contribution in [0.25, 0.3) is 22.0 Å². The van der Waals surface area contributed by atoms with E-state index in [-0.39, 0.29) is 16.4 Å². The van der Waals surface area contributed by atoms with Crippen LogP contribution in [-0.4, -0.2) is 18.2 Å². The quantitative estimate of drug-likeness (QED) is 0.357. The van der Waals surface area contributed by atoms with Gasteiger partial charge in [0.2, 0.25) is 10.0 Å². The topological polar surface area (TPSA) is 51.1 Å². The smallest absolute Gasteiger partial charge is 0.347 e. The Morgan fingerprint density at radius 2 is 1.74 bits per heavy atom. The molecule has 9 heteroatoms. The Balaban J connectivity index is 1.63. The van der Waals surface area contributed by atoms with Crippen LogP contribution >= 0.6 is 0 Å². The van der Waals surface area contributed by atoms with Crippen molar-refractivity contribution >= 4 is 20.9 Å². The van der Waals surface area contributed by atoms with Gasteiger partial charge in [-0.05, 0) is 67.9 Å². The first kappa shape index (κ1) is 24.3. The summed E-state index contributed by atoms with van der Waals surface area (Å²) >= 11 is 0. The summed E-state index contributed by atoms with van der Waals surface area (Å²) in [5, 5.41) is 0.124. The second kappa shape index (κ2) is 8.92. The molecule has 2 fully saturated rings. The maximum atomic E-state index is 15.4. The molecular weight excluding hydrogens is 480 g/mol. The Morgan fingerprint density at radius 3 is 2.40 bits per heavy atom. The minimum Gasteiger partial charge on any atom is -0.347 e. The molecule has 2 aliphatic rings. The van der Waals surface area contributed by atoms with E-state index in [1.165, 1.54) is 30.3 Å². The summed E-state index contributed by atoms with van der Waals surface area (Å²) in [4.78, 5) is 0. The number of alkyl halides is 3. The van der Waals surface area contributed by atoms with Crippen molar-refractivity contribution in [3.63, 3.8) is 0 Å². The van der Waals surface area contributed by atoms with Gasteiger partial charge in [0.15, 0.2) is 0 Å². The zero-order valence-corrected chi connectivity index (χ0v) is 20.2. The highest BCUT2D eigenvalue weighted by atomic mass is 32.2. The van der Waals surface area contributed by atoms with Gasteiger partial charge in [0.1, 0.15) is 5.82 Å². The summed E-state index contributed by atoms with van der Waals surface area (Å²) < 4.78 is 86.2. The summed E-state index contributed by atoms with van der Waals surface area (Å²) in [6, 6.07) is 7.13. The molecule has 2 saturated carbocycles. The first-order valence-corrected chi connectivity index (χ1v) is 13.6. The molecule has 4 nitrogen and oxygen atoms in total. The van der Waals surface area contributed by atoms with Gasteiger partial charge in [-0.1, -0.05) is 31.0 Å². The molecule has 35 heavy (non-hydrogen) atoms. The van der Waals surface area contributed by atoms with Crippen molar-refractivity contribution in [1.82, 2.24) is 9.29 Å². The van der Waals surface area contributed by atoms with Crippen LogP contribution in [0.3, 0.4) is 0 Å². The predicted molar refractivity (Wildman–Crippen MR) is 128 cm³/mol. The van der Waals surface area contributed by atoms with Crippen LogP contribution < -0.4 is 4.72 Å². The molecule has 0 unspecified atom stereocenters. The van der Waals surface area contributed by atoms with E-state index in [1.807, 2.05) is 10.8 Å². The molecule has 0 saturated heterocycles. The minimum absolute atomic E-state index is 0.117. The fourth-order valence-corrected chi connectivity index (χ4v) is 6.83. The molecular formula is C26H28F4N2O2S. The predicted octanol–water partition coefficient (Wildman–Crippen LogP) is 6.80. The maximum Gasteiger partial charge on any atom is 0.417 e. The molecule has 188 valence electrons. The number of aromatic nitrogens is 1. The standard InChI is InChI=1S/C26H28F4N2O2S/c1-16(31-35(33,34)18-10-11-18)22-15-32(14-17-6-2-3-7-17)25-13-20(24(27)12-21(22)25)19-8-4-5-9-23(19)26(28,29)30/h4-5,8-9,12-13,15-18,31H,2-3,6-7,10-11,14H2,1H3/t16-/m1/s1. The maximum absolute atomic E-state index is 15.4. The van der Waals surface area contributed by atoms with Crippen LogP contribution in [0.2, 0.25) is 0 Å². The number of fused-ring (bicyclic) bond motifs is 1. The SMILES string of the molecule is C[C@@H](NS(=O)(=O)C1CC1)c1cn(CC2CCCC2)c2cc(-c3ccccc3C(F)(F)F)c(F)cc12. The van der Waals surface area contributed by atoms with E-state index < -0.39 is 33.6 Å². The van der Waals surface area contributed by atoms with Crippen molar-refractivity contribution in [1.29, 1.82) is 0 Å². The second-order valence-corrected chi connectivity index (χ2v) is 11.9. The van der Waals surface area contributed by atoms with Crippen molar-refractivity contribution in [3.8, 4) is 11.1 Å². The van der Waals surface area contributed by atoms with Gasteiger partial charge >= 0.3 is 6.18 Å². The number of halogens is 4. The Hall–Kier alpha value is -2.39. The number of rotatable bonds is 7. The second-order valence-electron chi connectivity index (χ2n) is 9.86. The zero-order valence-electron chi connectivity index (χ0n) is 19.4. The van der Waals surface area contributed by atoms with E-state index in [2.05, 4.69) is 4.72 Å². The Bertz CT molecular complexity index is 1350. The summed E-state index contributed by atoms with van der Waals surface area (Å²) in [7, 11) is -3.48. The van der Waals surface area contributed by atoms with Crippen LogP contribution in [0.4, 0.5) is 17.6 Å². The lowest BCUT2D eigenvalue weighted by molar-refractivity contribution is -0.137. The van der Waals surface area contributed by atoms with Gasteiger partial charge < -0.3 is 4.57 Å². The van der Waals surface area contributed by atoms with E-state index in [0.717, 1.165) is 31.7 Å². The third-order valence-electron chi connectivity index (χ3n) is 7.22. The summed E-state index contributed by atoms with van der Waals surface area (Å²) in [5.74, 6) is -0.348. The monoisotopic (exact) mass is 508 g/mol. The Labute approximate surface area is 202 Å². The van der Waals surface area contributed by atoms with Crippen LogP contribution in [0.1, 0.15) is 62.6 Å². The molecule has 1 heterocycles. The van der Waals surface area contributed by atoms with Crippen LogP contribution in [0, 0.1) is 11.7 Å². The lowest BCUT2D eigenvalue weighted by Gasteiger charge is -2.15. The lowest BCUT2D eigenvalue weighted by atomic mass is 9.96. The van der Waals surface area contributed by atoms with Crippen LogP contribution in [-0.2, 0) is 22.7 Å². The molecule has 2 aromatic carbocycles. The molecule has 5 rings (SSSR count). The molecule has 0 radical (unpaired) electrons. The van der Waals surface area contributed by atoms with Crippen molar-refractivity contribution < 1.29 is 26.0 Å². The van der Waals surface area contributed by atoms with Crippen LogP contribution in [0.5, 0.6) is 0 Å². The number of hydrogen-bond donors (Lipinski definition) is 1. The van der Waals surface area contributed by atoms with E-state index in [0.29, 0.717) is 41.8 Å². The summed E-state index contributed by atoms with van der Waals surface area (Å²) in [6.07, 6.45) is 2.85. The molecule has 0 amide bonds. The molecule has 1 aromatic heterocycles. The average Bonchev–Trinajstić information content (AvgIpc) is 3.45. The van der Waals surface area contributed by atoms with Gasteiger partial charge in [-0.3, -0.25) is 0 Å². The molecule has 0 aliphatic heterocycles. The van der Waals surface area contributed by atoms with Gasteiger partial charge in [0.25, 0.3) is 0 Å². The third-order valence-corrected chi connectivity index (χ3v) is 9.25. The van der Waals surface area contributed by atoms with Gasteiger partial charge in [0.05, 0.1) is 10.8 Å².